The van der Waals surface area contributed by atoms with E-state index in [1.54, 1.807) is 23.1 Å². The van der Waals surface area contributed by atoms with Gasteiger partial charge in [0.1, 0.15) is 11.5 Å². The largest absolute Gasteiger partial charge is 0.317 e. The number of aromatic nitrogens is 3. The van der Waals surface area contributed by atoms with Crippen LogP contribution in [-0.4, -0.2) is 28.1 Å². The topological polar surface area (TPSA) is 42.7 Å². The average molecular weight is 283 g/mol. The Bertz CT molecular complexity index is 520. The summed E-state index contributed by atoms with van der Waals surface area (Å²) in [6, 6.07) is 6.72. The molecule has 1 N–H and O–H groups in total. The van der Waals surface area contributed by atoms with Gasteiger partial charge < -0.3 is 5.32 Å². The first-order valence-electron chi connectivity index (χ1n) is 6.21. The fourth-order valence-electron chi connectivity index (χ4n) is 2.24. The van der Waals surface area contributed by atoms with Crippen molar-refractivity contribution in [3.05, 3.63) is 36.3 Å². The minimum Gasteiger partial charge on any atom is -0.317 e. The van der Waals surface area contributed by atoms with Gasteiger partial charge in [0.15, 0.2) is 0 Å². The maximum absolute atomic E-state index is 12.9. The summed E-state index contributed by atoms with van der Waals surface area (Å²) in [7, 11) is 0. The lowest BCUT2D eigenvalue weighted by Gasteiger charge is -2.21. The molecule has 1 saturated heterocycles. The number of benzene rings is 1. The van der Waals surface area contributed by atoms with Crippen molar-refractivity contribution in [3.63, 3.8) is 0 Å². The van der Waals surface area contributed by atoms with Crippen LogP contribution in [0.1, 0.15) is 18.9 Å². The highest BCUT2D eigenvalue weighted by Crippen LogP contribution is 2.20. The Morgan fingerprint density at radius 2 is 1.84 bits per heavy atom. The van der Waals surface area contributed by atoms with Crippen LogP contribution < -0.4 is 5.32 Å². The van der Waals surface area contributed by atoms with Crippen molar-refractivity contribution >= 4 is 12.4 Å². The van der Waals surface area contributed by atoms with E-state index in [-0.39, 0.29) is 18.2 Å². The Labute approximate surface area is 117 Å². The third-order valence-electron chi connectivity index (χ3n) is 3.28. The van der Waals surface area contributed by atoms with E-state index in [0.717, 1.165) is 37.2 Å². The minimum absolute atomic E-state index is 0. The molecule has 1 aromatic carbocycles. The van der Waals surface area contributed by atoms with Crippen LogP contribution >= 0.6 is 12.4 Å². The lowest BCUT2D eigenvalue weighted by molar-refractivity contribution is 0.314. The molecule has 1 fully saturated rings. The summed E-state index contributed by atoms with van der Waals surface area (Å²) in [4.78, 5) is 1.79. The summed E-state index contributed by atoms with van der Waals surface area (Å²) in [6.45, 7) is 2.02. The lowest BCUT2D eigenvalue weighted by atomic mass is 10.1. The van der Waals surface area contributed by atoms with Crippen molar-refractivity contribution < 1.29 is 4.39 Å². The Morgan fingerprint density at radius 1 is 1.16 bits per heavy atom. The van der Waals surface area contributed by atoms with Crippen LogP contribution in [0.2, 0.25) is 0 Å². The summed E-state index contributed by atoms with van der Waals surface area (Å²) in [6.07, 6.45) is 3.85. The first kappa shape index (κ1) is 14.0. The third kappa shape index (κ3) is 3.11. The summed E-state index contributed by atoms with van der Waals surface area (Å²) in [5.74, 6) is -0.232. The molecule has 2 heterocycles. The van der Waals surface area contributed by atoms with Gasteiger partial charge in [0.25, 0.3) is 0 Å². The van der Waals surface area contributed by atoms with Crippen LogP contribution in [0.15, 0.2) is 30.5 Å². The van der Waals surface area contributed by atoms with E-state index in [4.69, 9.17) is 0 Å². The van der Waals surface area contributed by atoms with Gasteiger partial charge in [-0.15, -0.1) is 12.4 Å². The van der Waals surface area contributed by atoms with Gasteiger partial charge >= 0.3 is 0 Å². The molecule has 1 aliphatic rings. The molecule has 0 unspecified atom stereocenters. The summed E-state index contributed by atoms with van der Waals surface area (Å²) in [5, 5.41) is 12.1. The maximum atomic E-state index is 12.9. The van der Waals surface area contributed by atoms with Gasteiger partial charge in [-0.05, 0) is 50.2 Å². The Kier molecular flexibility index (Phi) is 4.50. The number of hydrogen-bond acceptors (Lipinski definition) is 3. The first-order valence-corrected chi connectivity index (χ1v) is 6.21. The molecular formula is C13H16ClFN4. The number of halogens is 2. The molecule has 2 aromatic rings. The SMILES string of the molecule is Cl.Fc1ccc(-c2cnn(C3CCNCC3)n2)cc1. The Hall–Kier alpha value is -1.46. The van der Waals surface area contributed by atoms with E-state index in [1.807, 2.05) is 0 Å². The molecule has 102 valence electrons. The van der Waals surface area contributed by atoms with Gasteiger partial charge in [-0.2, -0.15) is 15.0 Å². The van der Waals surface area contributed by atoms with Crippen molar-refractivity contribution in [1.29, 1.82) is 0 Å². The van der Waals surface area contributed by atoms with E-state index in [0.29, 0.717) is 6.04 Å². The molecule has 0 saturated carbocycles. The van der Waals surface area contributed by atoms with E-state index in [1.165, 1.54) is 12.1 Å². The highest BCUT2D eigenvalue weighted by Gasteiger charge is 2.17. The minimum atomic E-state index is -0.232. The molecule has 0 radical (unpaired) electrons. The van der Waals surface area contributed by atoms with Gasteiger partial charge in [0, 0.05) is 5.56 Å². The predicted octanol–water partition coefficient (Wildman–Crippen LogP) is 2.43. The standard InChI is InChI=1S/C13H15FN4.ClH/c14-11-3-1-10(2-4-11)13-9-16-18(17-13)12-5-7-15-8-6-12;/h1-4,9,12,15H,5-8H2;1H. The van der Waals surface area contributed by atoms with Crippen LogP contribution in [0, 0.1) is 5.82 Å². The fourth-order valence-corrected chi connectivity index (χ4v) is 2.24. The number of piperidine rings is 1. The van der Waals surface area contributed by atoms with Gasteiger partial charge in [0.05, 0.1) is 12.2 Å². The third-order valence-corrected chi connectivity index (χ3v) is 3.28. The number of rotatable bonds is 2. The number of nitrogens with one attached hydrogen (secondary N) is 1. The van der Waals surface area contributed by atoms with E-state index >= 15 is 0 Å². The summed E-state index contributed by atoms with van der Waals surface area (Å²) in [5.41, 5.74) is 1.70. The Morgan fingerprint density at radius 3 is 2.53 bits per heavy atom. The first-order chi connectivity index (χ1) is 8.83. The lowest BCUT2D eigenvalue weighted by Crippen LogP contribution is -2.30. The Balaban J connectivity index is 0.00000133. The van der Waals surface area contributed by atoms with Gasteiger partial charge in [-0.1, -0.05) is 0 Å². The molecule has 0 bridgehead atoms. The molecule has 4 nitrogen and oxygen atoms in total. The second-order valence-corrected chi connectivity index (χ2v) is 4.54. The van der Waals surface area contributed by atoms with E-state index in [9.17, 15) is 4.39 Å². The van der Waals surface area contributed by atoms with Gasteiger partial charge in [-0.3, -0.25) is 0 Å². The molecule has 1 aromatic heterocycles. The molecule has 0 atom stereocenters. The van der Waals surface area contributed by atoms with E-state index in [2.05, 4.69) is 15.5 Å². The van der Waals surface area contributed by atoms with Crippen molar-refractivity contribution in [1.82, 2.24) is 20.3 Å². The van der Waals surface area contributed by atoms with Crippen LogP contribution in [0.3, 0.4) is 0 Å². The molecule has 19 heavy (non-hydrogen) atoms. The summed E-state index contributed by atoms with van der Waals surface area (Å²) < 4.78 is 12.9. The van der Waals surface area contributed by atoms with Crippen molar-refractivity contribution in [2.45, 2.75) is 18.9 Å². The predicted molar refractivity (Wildman–Crippen MR) is 73.8 cm³/mol. The molecule has 0 amide bonds. The number of nitrogens with zero attached hydrogens (tertiary/aromatic N) is 3. The molecule has 6 heteroatoms. The second kappa shape index (κ2) is 6.12. The highest BCUT2D eigenvalue weighted by atomic mass is 35.5. The normalized spacial score (nSPS) is 16.1. The zero-order valence-electron chi connectivity index (χ0n) is 10.4. The molecule has 0 spiro atoms. The molecular weight excluding hydrogens is 267 g/mol. The quantitative estimate of drug-likeness (QED) is 0.920. The highest BCUT2D eigenvalue weighted by molar-refractivity contribution is 5.85. The van der Waals surface area contributed by atoms with Crippen LogP contribution in [-0.2, 0) is 0 Å². The average Bonchev–Trinajstić information content (AvgIpc) is 2.90. The van der Waals surface area contributed by atoms with Gasteiger partial charge in [0.2, 0.25) is 0 Å². The van der Waals surface area contributed by atoms with Crippen molar-refractivity contribution in [2.24, 2.45) is 0 Å². The zero-order chi connectivity index (χ0) is 12.4. The van der Waals surface area contributed by atoms with Gasteiger partial charge in [-0.25, -0.2) is 4.39 Å². The van der Waals surface area contributed by atoms with Crippen LogP contribution in [0.4, 0.5) is 4.39 Å². The number of hydrogen-bond donors (Lipinski definition) is 1. The summed E-state index contributed by atoms with van der Waals surface area (Å²) >= 11 is 0. The monoisotopic (exact) mass is 282 g/mol. The van der Waals surface area contributed by atoms with E-state index < -0.39 is 0 Å². The smallest absolute Gasteiger partial charge is 0.123 e. The van der Waals surface area contributed by atoms with Crippen molar-refractivity contribution in [3.8, 4) is 11.3 Å². The fraction of sp³-hybridized carbons (Fsp3) is 0.385. The van der Waals surface area contributed by atoms with Crippen LogP contribution in [0.25, 0.3) is 11.3 Å². The second-order valence-electron chi connectivity index (χ2n) is 4.54. The maximum Gasteiger partial charge on any atom is 0.123 e. The molecule has 3 rings (SSSR count). The zero-order valence-corrected chi connectivity index (χ0v) is 11.2. The van der Waals surface area contributed by atoms with Crippen LogP contribution in [0.5, 0.6) is 0 Å². The molecule has 0 aliphatic carbocycles. The van der Waals surface area contributed by atoms with Crippen molar-refractivity contribution in [2.75, 3.05) is 13.1 Å². The molecule has 1 aliphatic heterocycles.